The predicted octanol–water partition coefficient (Wildman–Crippen LogP) is 2.76. The number of hydrogen-bond acceptors (Lipinski definition) is 4. The fraction of sp³-hybridized carbons (Fsp3) is 0.500. The molecule has 0 fully saturated rings. The lowest BCUT2D eigenvalue weighted by molar-refractivity contribution is -0.144. The maximum Gasteiger partial charge on any atom is 0.305 e. The normalized spacial score (nSPS) is 19.2. The van der Waals surface area contributed by atoms with Crippen molar-refractivity contribution in [3.8, 4) is 0 Å². The van der Waals surface area contributed by atoms with E-state index in [4.69, 9.17) is 9.47 Å². The quantitative estimate of drug-likeness (QED) is 0.806. The number of para-hydroxylation sites is 1. The van der Waals surface area contributed by atoms with Crippen LogP contribution in [0.3, 0.4) is 0 Å². The van der Waals surface area contributed by atoms with Crippen LogP contribution in [0.5, 0.6) is 0 Å². The minimum absolute atomic E-state index is 0.0503. The largest absolute Gasteiger partial charge is 0.469 e. The number of nitrogens with zero attached hydrogens (tertiary/aromatic N) is 1. The number of methoxy groups -OCH3 is 1. The van der Waals surface area contributed by atoms with E-state index in [1.54, 1.807) is 19.0 Å². The molecule has 6 heteroatoms. The van der Waals surface area contributed by atoms with Crippen molar-refractivity contribution in [2.75, 3.05) is 27.8 Å². The van der Waals surface area contributed by atoms with E-state index >= 15 is 0 Å². The van der Waals surface area contributed by atoms with Gasteiger partial charge in [0.25, 0.3) is 0 Å². The minimum atomic E-state index is -0.674. The van der Waals surface area contributed by atoms with Crippen LogP contribution >= 0.6 is 0 Å². The monoisotopic (exact) mass is 358 g/mol. The van der Waals surface area contributed by atoms with Gasteiger partial charge in [-0.3, -0.25) is 9.59 Å². The van der Waals surface area contributed by atoms with Gasteiger partial charge >= 0.3 is 5.97 Å². The Morgan fingerprint density at radius 2 is 1.96 bits per heavy atom. The van der Waals surface area contributed by atoms with E-state index in [1.165, 1.54) is 18.1 Å². The fourth-order valence-corrected chi connectivity index (χ4v) is 3.73. The van der Waals surface area contributed by atoms with Crippen LogP contribution in [-0.2, 0) is 31.1 Å². The van der Waals surface area contributed by atoms with E-state index in [2.05, 4.69) is 11.1 Å². The molecule has 1 aromatic carbocycles. The van der Waals surface area contributed by atoms with E-state index < -0.39 is 5.60 Å². The van der Waals surface area contributed by atoms with Gasteiger partial charge in [-0.15, -0.1) is 0 Å². The van der Waals surface area contributed by atoms with Crippen molar-refractivity contribution in [1.29, 1.82) is 0 Å². The van der Waals surface area contributed by atoms with Gasteiger partial charge in [0.2, 0.25) is 5.91 Å². The Kier molecular flexibility index (Phi) is 5.32. The first kappa shape index (κ1) is 18.5. The van der Waals surface area contributed by atoms with Gasteiger partial charge in [0.1, 0.15) is 5.60 Å². The average Bonchev–Trinajstić information content (AvgIpc) is 3.04. The van der Waals surface area contributed by atoms with Crippen molar-refractivity contribution in [3.05, 3.63) is 35.5 Å². The number of amides is 1. The summed E-state index contributed by atoms with van der Waals surface area (Å²) in [6, 6.07) is 8.17. The maximum atomic E-state index is 12.2. The van der Waals surface area contributed by atoms with Gasteiger partial charge in [-0.1, -0.05) is 18.2 Å². The Morgan fingerprint density at radius 1 is 1.23 bits per heavy atom. The second kappa shape index (κ2) is 7.50. The number of benzene rings is 1. The van der Waals surface area contributed by atoms with Crippen LogP contribution in [0.1, 0.15) is 36.9 Å². The SMILES string of the molecule is COC(=O)CCC1(CCC(=O)N(C)C)OCCc2c1[nH]c1ccccc21. The molecule has 1 aliphatic rings. The minimum Gasteiger partial charge on any atom is -0.469 e. The highest BCUT2D eigenvalue weighted by Crippen LogP contribution is 2.43. The molecule has 0 spiro atoms. The van der Waals surface area contributed by atoms with E-state index in [0.29, 0.717) is 25.9 Å². The van der Waals surface area contributed by atoms with Crippen molar-refractivity contribution < 1.29 is 19.1 Å². The number of H-pyrrole nitrogens is 1. The second-order valence-electron chi connectivity index (χ2n) is 6.98. The zero-order chi connectivity index (χ0) is 18.7. The lowest BCUT2D eigenvalue weighted by Crippen LogP contribution is -2.38. The summed E-state index contributed by atoms with van der Waals surface area (Å²) >= 11 is 0. The summed E-state index contributed by atoms with van der Waals surface area (Å²) < 4.78 is 11.1. The Bertz CT molecular complexity index is 811. The van der Waals surface area contributed by atoms with E-state index in [9.17, 15) is 9.59 Å². The highest BCUT2D eigenvalue weighted by Gasteiger charge is 2.40. The number of esters is 1. The standard InChI is InChI=1S/C20H26N2O4/c1-22(2)17(23)8-11-20(12-9-18(24)25-3)19-15(10-13-26-20)14-6-4-5-7-16(14)21-19/h4-7,21H,8-13H2,1-3H3. The van der Waals surface area contributed by atoms with Crippen LogP contribution in [0.15, 0.2) is 24.3 Å². The number of fused-ring (bicyclic) bond motifs is 3. The Labute approximate surface area is 153 Å². The molecule has 2 aromatic rings. The number of nitrogens with one attached hydrogen (secondary N) is 1. The predicted molar refractivity (Wildman–Crippen MR) is 98.8 cm³/mol. The number of hydrogen-bond donors (Lipinski definition) is 1. The number of aromatic amines is 1. The summed E-state index contributed by atoms with van der Waals surface area (Å²) in [7, 11) is 4.89. The van der Waals surface area contributed by atoms with Crippen LogP contribution < -0.4 is 0 Å². The molecule has 0 saturated carbocycles. The first-order valence-corrected chi connectivity index (χ1v) is 8.98. The summed E-state index contributed by atoms with van der Waals surface area (Å²) in [5, 5.41) is 1.19. The molecule has 26 heavy (non-hydrogen) atoms. The molecule has 1 atom stereocenters. The Balaban J connectivity index is 1.98. The Morgan fingerprint density at radius 3 is 2.69 bits per heavy atom. The molecule has 1 aliphatic heterocycles. The third-order valence-corrected chi connectivity index (χ3v) is 5.20. The number of rotatable bonds is 6. The smallest absolute Gasteiger partial charge is 0.305 e. The van der Waals surface area contributed by atoms with Crippen LogP contribution in [0, 0.1) is 0 Å². The van der Waals surface area contributed by atoms with E-state index in [0.717, 1.165) is 17.6 Å². The first-order valence-electron chi connectivity index (χ1n) is 8.98. The topological polar surface area (TPSA) is 71.6 Å². The van der Waals surface area contributed by atoms with Crippen LogP contribution in [-0.4, -0.2) is 49.6 Å². The molecule has 0 saturated heterocycles. The summed E-state index contributed by atoms with van der Waals surface area (Å²) in [6.45, 7) is 0.576. The summed E-state index contributed by atoms with van der Waals surface area (Å²) in [5.74, 6) is -0.218. The number of carbonyl (C=O) groups is 2. The molecule has 0 radical (unpaired) electrons. The van der Waals surface area contributed by atoms with Gasteiger partial charge < -0.3 is 19.4 Å². The van der Waals surface area contributed by atoms with Gasteiger partial charge in [-0.2, -0.15) is 0 Å². The molecule has 1 unspecified atom stereocenters. The van der Waals surface area contributed by atoms with E-state index in [1.807, 2.05) is 18.2 Å². The third kappa shape index (κ3) is 3.46. The van der Waals surface area contributed by atoms with Gasteiger partial charge in [-0.05, 0) is 30.9 Å². The van der Waals surface area contributed by atoms with Gasteiger partial charge in [0.05, 0.1) is 19.4 Å². The molecule has 1 amide bonds. The van der Waals surface area contributed by atoms with Gasteiger partial charge in [0.15, 0.2) is 0 Å². The fourth-order valence-electron chi connectivity index (χ4n) is 3.73. The lowest BCUT2D eigenvalue weighted by atomic mass is 9.83. The molecular formula is C20H26N2O4. The summed E-state index contributed by atoms with van der Waals surface area (Å²) in [4.78, 5) is 29.0. The molecule has 1 N–H and O–H groups in total. The number of carbonyl (C=O) groups excluding carboxylic acids is 2. The zero-order valence-electron chi connectivity index (χ0n) is 15.6. The van der Waals surface area contributed by atoms with Gasteiger partial charge in [-0.25, -0.2) is 0 Å². The zero-order valence-corrected chi connectivity index (χ0v) is 15.6. The van der Waals surface area contributed by atoms with Crippen LogP contribution in [0.25, 0.3) is 10.9 Å². The van der Waals surface area contributed by atoms with Crippen LogP contribution in [0.2, 0.25) is 0 Å². The van der Waals surface area contributed by atoms with Crippen LogP contribution in [0.4, 0.5) is 0 Å². The van der Waals surface area contributed by atoms with Crippen molar-refractivity contribution in [3.63, 3.8) is 0 Å². The molecule has 3 rings (SSSR count). The van der Waals surface area contributed by atoms with Gasteiger partial charge in [0, 0.05) is 37.8 Å². The van der Waals surface area contributed by atoms with Crippen molar-refractivity contribution >= 4 is 22.8 Å². The molecule has 140 valence electrons. The lowest BCUT2D eigenvalue weighted by Gasteiger charge is -2.37. The Hall–Kier alpha value is -2.34. The molecular weight excluding hydrogens is 332 g/mol. The van der Waals surface area contributed by atoms with E-state index in [-0.39, 0.29) is 18.3 Å². The molecule has 0 bridgehead atoms. The maximum absolute atomic E-state index is 12.2. The first-order chi connectivity index (χ1) is 12.5. The highest BCUT2D eigenvalue weighted by molar-refractivity contribution is 5.85. The molecule has 6 nitrogen and oxygen atoms in total. The third-order valence-electron chi connectivity index (χ3n) is 5.20. The molecule has 1 aromatic heterocycles. The van der Waals surface area contributed by atoms with Crippen molar-refractivity contribution in [1.82, 2.24) is 9.88 Å². The molecule has 2 heterocycles. The average molecular weight is 358 g/mol. The summed E-state index contributed by atoms with van der Waals surface area (Å²) in [6.07, 6.45) is 2.45. The highest BCUT2D eigenvalue weighted by atomic mass is 16.5. The number of aromatic nitrogens is 1. The summed E-state index contributed by atoms with van der Waals surface area (Å²) in [5.41, 5.74) is 2.62. The van der Waals surface area contributed by atoms with Crippen molar-refractivity contribution in [2.24, 2.45) is 0 Å². The molecule has 0 aliphatic carbocycles. The number of ether oxygens (including phenoxy) is 2. The van der Waals surface area contributed by atoms with Crippen molar-refractivity contribution in [2.45, 2.75) is 37.7 Å². The second-order valence-corrected chi connectivity index (χ2v) is 6.98.